The zero-order valence-electron chi connectivity index (χ0n) is 19.8. The molecule has 1 fully saturated rings. The smallest absolute Gasteiger partial charge is 0.265 e. The first-order valence-corrected chi connectivity index (χ1v) is 12.4. The Morgan fingerprint density at radius 3 is 2.38 bits per heavy atom. The van der Waals surface area contributed by atoms with Crippen LogP contribution in [0.2, 0.25) is 0 Å². The summed E-state index contributed by atoms with van der Waals surface area (Å²) >= 11 is 1.47. The second-order valence-electron chi connectivity index (χ2n) is 8.90. The summed E-state index contributed by atoms with van der Waals surface area (Å²) in [6.45, 7) is 12.7. The van der Waals surface area contributed by atoms with Crippen molar-refractivity contribution in [2.24, 2.45) is 0 Å². The molecule has 0 bridgehead atoms. The van der Waals surface area contributed by atoms with Crippen molar-refractivity contribution in [1.29, 1.82) is 0 Å². The van der Waals surface area contributed by atoms with Gasteiger partial charge in [0.2, 0.25) is 0 Å². The molecule has 0 N–H and O–H groups in total. The minimum Gasteiger partial charge on any atom is -0.480 e. The van der Waals surface area contributed by atoms with Gasteiger partial charge in [0, 0.05) is 32.1 Å². The van der Waals surface area contributed by atoms with E-state index in [0.717, 1.165) is 22.7 Å². The lowest BCUT2D eigenvalue weighted by atomic mass is 10.0. The fourth-order valence-corrected chi connectivity index (χ4v) is 4.77. The molecule has 174 valence electrons. The maximum Gasteiger partial charge on any atom is 0.265 e. The van der Waals surface area contributed by atoms with Crippen molar-refractivity contribution in [3.8, 4) is 5.75 Å². The van der Waals surface area contributed by atoms with Crippen LogP contribution in [0.15, 0.2) is 30.5 Å². The van der Waals surface area contributed by atoms with Crippen LogP contribution in [0.4, 0.5) is 0 Å². The Hall–Kier alpha value is -2.41. The van der Waals surface area contributed by atoms with Crippen molar-refractivity contribution < 1.29 is 14.3 Å². The first kappa shape index (κ1) is 24.2. The van der Waals surface area contributed by atoms with E-state index in [2.05, 4.69) is 38.7 Å². The van der Waals surface area contributed by atoms with Gasteiger partial charge in [-0.25, -0.2) is 4.98 Å². The second kappa shape index (κ2) is 10.9. The zero-order valence-corrected chi connectivity index (χ0v) is 20.7. The number of thiazole rings is 1. The third kappa shape index (κ3) is 5.68. The Kier molecular flexibility index (Phi) is 8.29. The number of benzene rings is 1. The lowest BCUT2D eigenvalue weighted by Crippen LogP contribution is -2.44. The van der Waals surface area contributed by atoms with Crippen LogP contribution in [0, 0.1) is 0 Å². The molecule has 2 amide bonds. The molecule has 32 heavy (non-hydrogen) atoms. The average molecular weight is 458 g/mol. The number of para-hydroxylation sites is 1. The summed E-state index contributed by atoms with van der Waals surface area (Å²) in [5, 5.41) is 0.976. The largest absolute Gasteiger partial charge is 0.480 e. The summed E-state index contributed by atoms with van der Waals surface area (Å²) in [7, 11) is 0. The number of carbonyl (C=O) groups excluding carboxylic acids is 2. The molecule has 0 spiro atoms. The van der Waals surface area contributed by atoms with Gasteiger partial charge < -0.3 is 14.5 Å². The van der Waals surface area contributed by atoms with Crippen molar-refractivity contribution in [1.82, 2.24) is 14.8 Å². The topological polar surface area (TPSA) is 62.7 Å². The SMILES string of the molecule is CCC(Oc1ccccc1C(C)C)C(=O)N1CCCN(C(=O)c2cnc(C(C)C)s2)CC1. The first-order valence-electron chi connectivity index (χ1n) is 11.6. The number of carbonyl (C=O) groups is 2. The molecule has 1 unspecified atom stereocenters. The first-order chi connectivity index (χ1) is 15.3. The summed E-state index contributed by atoms with van der Waals surface area (Å²) in [6.07, 6.45) is 2.52. The summed E-state index contributed by atoms with van der Waals surface area (Å²) in [5.74, 6) is 1.42. The molecule has 1 aromatic carbocycles. The molecule has 3 rings (SSSR count). The molecule has 2 heterocycles. The Morgan fingerprint density at radius 1 is 1.03 bits per heavy atom. The Balaban J connectivity index is 1.64. The zero-order chi connectivity index (χ0) is 23.3. The molecule has 6 nitrogen and oxygen atoms in total. The van der Waals surface area contributed by atoms with E-state index in [1.807, 2.05) is 34.9 Å². The van der Waals surface area contributed by atoms with Crippen LogP contribution in [-0.2, 0) is 4.79 Å². The number of aromatic nitrogens is 1. The van der Waals surface area contributed by atoms with Crippen LogP contribution in [-0.4, -0.2) is 58.9 Å². The van der Waals surface area contributed by atoms with Gasteiger partial charge in [-0.2, -0.15) is 0 Å². The Morgan fingerprint density at radius 2 is 1.72 bits per heavy atom. The predicted molar refractivity (Wildman–Crippen MR) is 129 cm³/mol. The summed E-state index contributed by atoms with van der Waals surface area (Å²) in [5.41, 5.74) is 1.11. The molecule has 1 aliphatic rings. The van der Waals surface area contributed by atoms with E-state index < -0.39 is 6.10 Å². The molecule has 0 radical (unpaired) electrons. The number of hydrogen-bond acceptors (Lipinski definition) is 5. The van der Waals surface area contributed by atoms with Crippen LogP contribution in [0.5, 0.6) is 5.75 Å². The number of rotatable bonds is 7. The standard InChI is InChI=1S/C25H35N3O3S/c1-6-20(31-21-11-8-7-10-19(21)17(2)3)24(29)27-12-9-13-28(15-14-27)25(30)22-16-26-23(32-22)18(4)5/h7-8,10-11,16-18,20H,6,9,12-15H2,1-5H3. The van der Waals surface area contributed by atoms with Crippen molar-refractivity contribution >= 4 is 23.2 Å². The van der Waals surface area contributed by atoms with Gasteiger partial charge in [-0.15, -0.1) is 11.3 Å². The minimum absolute atomic E-state index is 0.000225. The minimum atomic E-state index is -0.521. The van der Waals surface area contributed by atoms with E-state index in [0.29, 0.717) is 49.3 Å². The second-order valence-corrected chi connectivity index (χ2v) is 9.96. The van der Waals surface area contributed by atoms with E-state index in [-0.39, 0.29) is 11.8 Å². The molecule has 7 heteroatoms. The Labute approximate surface area is 195 Å². The molecule has 1 aliphatic heterocycles. The summed E-state index contributed by atoms with van der Waals surface area (Å²) < 4.78 is 6.20. The van der Waals surface area contributed by atoms with E-state index in [4.69, 9.17) is 4.74 Å². The van der Waals surface area contributed by atoms with Crippen molar-refractivity contribution in [3.05, 3.63) is 45.9 Å². The lowest BCUT2D eigenvalue weighted by Gasteiger charge is -2.27. The van der Waals surface area contributed by atoms with Gasteiger partial charge in [0.25, 0.3) is 11.8 Å². The molecular weight excluding hydrogens is 422 g/mol. The lowest BCUT2D eigenvalue weighted by molar-refractivity contribution is -0.138. The highest BCUT2D eigenvalue weighted by atomic mass is 32.1. The van der Waals surface area contributed by atoms with Gasteiger partial charge in [-0.1, -0.05) is 52.8 Å². The molecule has 2 aromatic rings. The maximum absolute atomic E-state index is 13.3. The number of nitrogens with zero attached hydrogens (tertiary/aromatic N) is 3. The normalized spacial score (nSPS) is 15.7. The van der Waals surface area contributed by atoms with Crippen LogP contribution in [0.3, 0.4) is 0 Å². The monoisotopic (exact) mass is 457 g/mol. The molecular formula is C25H35N3O3S. The highest BCUT2D eigenvalue weighted by Crippen LogP contribution is 2.28. The van der Waals surface area contributed by atoms with E-state index in [1.165, 1.54) is 11.3 Å². The van der Waals surface area contributed by atoms with E-state index >= 15 is 0 Å². The van der Waals surface area contributed by atoms with Gasteiger partial charge >= 0.3 is 0 Å². The summed E-state index contributed by atoms with van der Waals surface area (Å²) in [4.78, 5) is 35.0. The van der Waals surface area contributed by atoms with Gasteiger partial charge in [-0.3, -0.25) is 9.59 Å². The third-order valence-electron chi connectivity index (χ3n) is 5.78. The van der Waals surface area contributed by atoms with Crippen molar-refractivity contribution in [2.75, 3.05) is 26.2 Å². The van der Waals surface area contributed by atoms with E-state index in [1.54, 1.807) is 6.20 Å². The predicted octanol–water partition coefficient (Wildman–Crippen LogP) is 4.92. The van der Waals surface area contributed by atoms with Crippen LogP contribution >= 0.6 is 11.3 Å². The third-order valence-corrected chi connectivity index (χ3v) is 7.07. The number of ether oxygens (including phenoxy) is 1. The van der Waals surface area contributed by atoms with Crippen molar-refractivity contribution in [3.63, 3.8) is 0 Å². The molecule has 0 aliphatic carbocycles. The van der Waals surface area contributed by atoms with Crippen LogP contribution < -0.4 is 4.74 Å². The van der Waals surface area contributed by atoms with Gasteiger partial charge in [0.1, 0.15) is 10.6 Å². The van der Waals surface area contributed by atoms with Gasteiger partial charge in [0.05, 0.1) is 11.2 Å². The van der Waals surface area contributed by atoms with E-state index in [9.17, 15) is 9.59 Å². The highest BCUT2D eigenvalue weighted by molar-refractivity contribution is 7.13. The van der Waals surface area contributed by atoms with Crippen LogP contribution in [0.25, 0.3) is 0 Å². The fourth-order valence-electron chi connectivity index (χ4n) is 3.88. The maximum atomic E-state index is 13.3. The molecule has 1 atom stereocenters. The molecule has 0 saturated carbocycles. The summed E-state index contributed by atoms with van der Waals surface area (Å²) in [6, 6.07) is 7.93. The number of hydrogen-bond donors (Lipinski definition) is 0. The highest BCUT2D eigenvalue weighted by Gasteiger charge is 2.29. The van der Waals surface area contributed by atoms with Gasteiger partial charge in [0.15, 0.2) is 6.10 Å². The average Bonchev–Trinajstić information content (AvgIpc) is 3.15. The van der Waals surface area contributed by atoms with Crippen molar-refractivity contribution in [2.45, 2.75) is 65.4 Å². The molecule has 1 aromatic heterocycles. The molecule has 1 saturated heterocycles. The van der Waals surface area contributed by atoms with Crippen LogP contribution in [0.1, 0.15) is 79.5 Å². The van der Waals surface area contributed by atoms with Gasteiger partial charge in [-0.05, 0) is 30.4 Å². The number of amides is 2. The Bertz CT molecular complexity index is 925. The fraction of sp³-hybridized carbons (Fsp3) is 0.560. The quantitative estimate of drug-likeness (QED) is 0.592.